The number of ether oxygens (including phenoxy) is 1. The average Bonchev–Trinajstić information content (AvgIpc) is 2.89. The summed E-state index contributed by atoms with van der Waals surface area (Å²) in [5, 5.41) is 0.000156. The van der Waals surface area contributed by atoms with Gasteiger partial charge in [0.15, 0.2) is 14.9 Å². The maximum atomic E-state index is 13.6. The molecule has 5 nitrogen and oxygen atoms in total. The molecule has 2 aromatic rings. The van der Waals surface area contributed by atoms with Crippen LogP contribution in [0.2, 0.25) is 5.02 Å². The molecule has 1 heterocycles. The Labute approximate surface area is 163 Å². The van der Waals surface area contributed by atoms with E-state index in [0.29, 0.717) is 22.5 Å². The maximum absolute atomic E-state index is 13.6. The van der Waals surface area contributed by atoms with Crippen molar-refractivity contribution in [3.05, 3.63) is 46.1 Å². The summed E-state index contributed by atoms with van der Waals surface area (Å²) >= 11 is 5.96. The second-order valence-electron chi connectivity index (χ2n) is 7.90. The molecule has 2 aliphatic rings. The number of imidazole rings is 1. The molecule has 0 bridgehead atoms. The Balaban J connectivity index is 1.66. The topological polar surface area (TPSA) is 72.0 Å². The standard InChI is InChI=1S/C19H22ClFN2O3S/c1-11-18(27(2,24)25)23-17(22-11)16(12-4-5-15(21)14(20)8-12)26-13-9-19(10-13)6-3-7-19/h4-5,8,13,16H,3,6-7,9-10H2,1-2H3,(H,22,23)/t16-/m1/s1. The fraction of sp³-hybridized carbons (Fsp3) is 0.526. The molecule has 0 aliphatic heterocycles. The second-order valence-corrected chi connectivity index (χ2v) is 10.2. The van der Waals surface area contributed by atoms with Crippen molar-refractivity contribution in [1.29, 1.82) is 0 Å². The molecule has 0 saturated heterocycles. The molecule has 2 fully saturated rings. The highest BCUT2D eigenvalue weighted by atomic mass is 35.5. The molecular weight excluding hydrogens is 391 g/mol. The molecule has 2 saturated carbocycles. The van der Waals surface area contributed by atoms with Crippen molar-refractivity contribution in [2.24, 2.45) is 5.41 Å². The van der Waals surface area contributed by atoms with Crippen molar-refractivity contribution in [3.8, 4) is 0 Å². The van der Waals surface area contributed by atoms with Crippen LogP contribution in [-0.2, 0) is 14.6 Å². The molecule has 27 heavy (non-hydrogen) atoms. The Hall–Kier alpha value is -1.44. The normalized spacial score (nSPS) is 20.3. The Kier molecular flexibility index (Phi) is 4.60. The van der Waals surface area contributed by atoms with Crippen LogP contribution in [0.4, 0.5) is 4.39 Å². The number of nitrogens with zero attached hydrogens (tertiary/aromatic N) is 1. The van der Waals surface area contributed by atoms with Crippen LogP contribution in [0, 0.1) is 18.2 Å². The SMILES string of the molecule is Cc1[nH]c([C@H](OC2CC3(CCC3)C2)c2ccc(F)c(Cl)c2)nc1S(C)(=O)=O. The molecule has 0 unspecified atom stereocenters. The minimum Gasteiger partial charge on any atom is -0.362 e. The summed E-state index contributed by atoms with van der Waals surface area (Å²) in [5.74, 6) is -0.117. The van der Waals surface area contributed by atoms with Crippen molar-refractivity contribution < 1.29 is 17.5 Å². The van der Waals surface area contributed by atoms with Gasteiger partial charge in [0, 0.05) is 6.26 Å². The average molecular weight is 413 g/mol. The van der Waals surface area contributed by atoms with E-state index in [9.17, 15) is 12.8 Å². The lowest BCUT2D eigenvalue weighted by molar-refractivity contribution is -0.136. The van der Waals surface area contributed by atoms with Crippen LogP contribution >= 0.6 is 11.6 Å². The number of aromatic amines is 1. The maximum Gasteiger partial charge on any atom is 0.194 e. The van der Waals surface area contributed by atoms with Gasteiger partial charge >= 0.3 is 0 Å². The summed E-state index contributed by atoms with van der Waals surface area (Å²) in [6, 6.07) is 4.40. The minimum atomic E-state index is -3.46. The molecule has 1 N–H and O–H groups in total. The predicted molar refractivity (Wildman–Crippen MR) is 100 cm³/mol. The smallest absolute Gasteiger partial charge is 0.194 e. The predicted octanol–water partition coefficient (Wildman–Crippen LogP) is 4.35. The summed E-state index contributed by atoms with van der Waals surface area (Å²) in [7, 11) is -3.46. The number of hydrogen-bond acceptors (Lipinski definition) is 4. The zero-order valence-corrected chi connectivity index (χ0v) is 16.8. The Morgan fingerprint density at radius 1 is 1.37 bits per heavy atom. The lowest BCUT2D eigenvalue weighted by Gasteiger charge is -2.54. The van der Waals surface area contributed by atoms with E-state index < -0.39 is 21.8 Å². The zero-order chi connectivity index (χ0) is 19.4. The number of nitrogens with one attached hydrogen (secondary N) is 1. The summed E-state index contributed by atoms with van der Waals surface area (Å²) in [6.07, 6.45) is 6.34. The molecule has 2 aliphatic carbocycles. The number of halogens is 2. The lowest BCUT2D eigenvalue weighted by atomic mass is 9.55. The number of sulfone groups is 1. The molecule has 1 aromatic carbocycles. The van der Waals surface area contributed by atoms with E-state index >= 15 is 0 Å². The van der Waals surface area contributed by atoms with Gasteiger partial charge in [-0.1, -0.05) is 24.1 Å². The van der Waals surface area contributed by atoms with E-state index in [-0.39, 0.29) is 16.2 Å². The summed E-state index contributed by atoms with van der Waals surface area (Å²) in [4.78, 5) is 7.32. The van der Waals surface area contributed by atoms with Crippen LogP contribution in [0.25, 0.3) is 0 Å². The van der Waals surface area contributed by atoms with Gasteiger partial charge in [-0.25, -0.2) is 17.8 Å². The van der Waals surface area contributed by atoms with Gasteiger partial charge in [0.1, 0.15) is 17.7 Å². The third-order valence-corrected chi connectivity index (χ3v) is 7.16. The zero-order valence-electron chi connectivity index (χ0n) is 15.3. The largest absolute Gasteiger partial charge is 0.362 e. The summed E-state index contributed by atoms with van der Waals surface area (Å²) < 4.78 is 43.8. The van der Waals surface area contributed by atoms with E-state index in [1.165, 1.54) is 31.4 Å². The highest BCUT2D eigenvalue weighted by Gasteiger charge is 2.49. The van der Waals surface area contributed by atoms with Gasteiger partial charge in [0.25, 0.3) is 0 Å². The Morgan fingerprint density at radius 3 is 2.59 bits per heavy atom. The first-order chi connectivity index (χ1) is 12.7. The monoisotopic (exact) mass is 412 g/mol. The third-order valence-electron chi connectivity index (χ3n) is 5.77. The van der Waals surface area contributed by atoms with Crippen molar-refractivity contribution in [3.63, 3.8) is 0 Å². The van der Waals surface area contributed by atoms with Crippen LogP contribution in [-0.4, -0.2) is 30.7 Å². The van der Waals surface area contributed by atoms with E-state index in [1.54, 1.807) is 13.0 Å². The number of hydrogen-bond donors (Lipinski definition) is 1. The molecule has 0 radical (unpaired) electrons. The minimum absolute atomic E-state index is 0.00297. The lowest BCUT2D eigenvalue weighted by Crippen LogP contribution is -2.47. The number of H-pyrrole nitrogens is 1. The first kappa shape index (κ1) is 18.9. The fourth-order valence-corrected chi connectivity index (χ4v) is 5.27. The first-order valence-electron chi connectivity index (χ1n) is 9.04. The first-order valence-corrected chi connectivity index (χ1v) is 11.3. The number of rotatable bonds is 5. The van der Waals surface area contributed by atoms with Gasteiger partial charge in [-0.2, -0.15) is 0 Å². The van der Waals surface area contributed by atoms with Crippen LogP contribution in [0.15, 0.2) is 23.2 Å². The summed E-state index contributed by atoms with van der Waals surface area (Å²) in [6.45, 7) is 1.66. The summed E-state index contributed by atoms with van der Waals surface area (Å²) in [5.41, 5.74) is 1.54. The van der Waals surface area contributed by atoms with E-state index in [1.807, 2.05) is 0 Å². The Bertz CT molecular complexity index is 977. The molecule has 0 amide bonds. The number of aryl methyl sites for hydroxylation is 1. The highest BCUT2D eigenvalue weighted by molar-refractivity contribution is 7.90. The quantitative estimate of drug-likeness (QED) is 0.792. The van der Waals surface area contributed by atoms with Crippen molar-refractivity contribution in [2.45, 2.75) is 56.3 Å². The molecule has 1 aromatic heterocycles. The van der Waals surface area contributed by atoms with Crippen LogP contribution in [0.1, 0.15) is 55.3 Å². The van der Waals surface area contributed by atoms with Gasteiger partial charge in [0.05, 0.1) is 16.8 Å². The van der Waals surface area contributed by atoms with Crippen molar-refractivity contribution in [1.82, 2.24) is 9.97 Å². The third kappa shape index (κ3) is 3.52. The highest BCUT2D eigenvalue weighted by Crippen LogP contribution is 2.57. The van der Waals surface area contributed by atoms with Crippen molar-refractivity contribution in [2.75, 3.05) is 6.26 Å². The molecule has 4 rings (SSSR count). The van der Waals surface area contributed by atoms with E-state index in [0.717, 1.165) is 19.1 Å². The van der Waals surface area contributed by atoms with Gasteiger partial charge in [-0.3, -0.25) is 0 Å². The van der Waals surface area contributed by atoms with E-state index in [2.05, 4.69) is 9.97 Å². The number of benzene rings is 1. The van der Waals surface area contributed by atoms with Gasteiger partial charge in [0.2, 0.25) is 0 Å². The van der Waals surface area contributed by atoms with Crippen LogP contribution < -0.4 is 0 Å². The second kappa shape index (κ2) is 6.57. The van der Waals surface area contributed by atoms with Crippen LogP contribution in [0.5, 0.6) is 0 Å². The van der Waals surface area contributed by atoms with Gasteiger partial charge < -0.3 is 9.72 Å². The Morgan fingerprint density at radius 2 is 2.07 bits per heavy atom. The van der Waals surface area contributed by atoms with Crippen molar-refractivity contribution >= 4 is 21.4 Å². The molecule has 8 heteroatoms. The van der Waals surface area contributed by atoms with Gasteiger partial charge in [-0.05, 0) is 55.7 Å². The molecular formula is C19H22ClFN2O3S. The fourth-order valence-electron chi connectivity index (χ4n) is 4.21. The van der Waals surface area contributed by atoms with E-state index in [4.69, 9.17) is 16.3 Å². The molecule has 1 atom stereocenters. The molecule has 1 spiro atoms. The molecule has 146 valence electrons. The van der Waals surface area contributed by atoms with Gasteiger partial charge in [-0.15, -0.1) is 0 Å². The number of aromatic nitrogens is 2. The van der Waals surface area contributed by atoms with Crippen LogP contribution in [0.3, 0.4) is 0 Å².